The lowest BCUT2D eigenvalue weighted by Gasteiger charge is -2.51. The highest BCUT2D eigenvalue weighted by molar-refractivity contribution is 6.83. The Kier molecular flexibility index (Phi) is 9.10. The minimum Gasteiger partial charge on any atom is -0.414 e. The number of nitrogens with one attached hydrogen (secondary N) is 2. The van der Waals surface area contributed by atoms with Gasteiger partial charge in [0, 0.05) is 12.3 Å². The fourth-order valence-electron chi connectivity index (χ4n) is 5.31. The molecular weight excluding hydrogens is 496 g/mol. The van der Waals surface area contributed by atoms with Crippen LogP contribution in [0.1, 0.15) is 75.7 Å². The van der Waals surface area contributed by atoms with Crippen LogP contribution in [0.3, 0.4) is 0 Å². The fourth-order valence-corrected chi connectivity index (χ4v) is 16.5. The molecule has 3 atom stereocenters. The van der Waals surface area contributed by atoms with Crippen molar-refractivity contribution < 1.29 is 27.3 Å². The third kappa shape index (κ3) is 5.58. The van der Waals surface area contributed by atoms with E-state index in [9.17, 15) is 9.59 Å². The maximum atomic E-state index is 12.9. The summed E-state index contributed by atoms with van der Waals surface area (Å²) in [6, 6.07) is -0.450. The predicted octanol–water partition coefficient (Wildman–Crippen LogP) is 4.17. The van der Waals surface area contributed by atoms with E-state index >= 15 is 0 Å². The van der Waals surface area contributed by atoms with Crippen molar-refractivity contribution in [3.63, 3.8) is 0 Å². The first-order chi connectivity index (χ1) is 16.7. The second-order valence-electron chi connectivity index (χ2n) is 11.7. The Balaban J connectivity index is 1.85. The molecule has 0 aromatic rings. The summed E-state index contributed by atoms with van der Waals surface area (Å²) in [5, 5.41) is 5.68. The van der Waals surface area contributed by atoms with Crippen molar-refractivity contribution >= 4 is 35.0 Å². The molecule has 10 nitrogen and oxygen atoms in total. The molecule has 0 aliphatic carbocycles. The molecule has 2 fully saturated rings. The van der Waals surface area contributed by atoms with Gasteiger partial charge in [-0.15, -0.1) is 0 Å². The van der Waals surface area contributed by atoms with Crippen molar-refractivity contribution in [3.05, 3.63) is 0 Å². The number of ether oxygens (including phenoxy) is 1. The van der Waals surface area contributed by atoms with Gasteiger partial charge in [-0.1, -0.05) is 69.2 Å². The first kappa shape index (κ1) is 29.2. The van der Waals surface area contributed by atoms with E-state index < -0.39 is 29.4 Å². The van der Waals surface area contributed by atoms with Crippen LogP contribution in [0.5, 0.6) is 0 Å². The van der Waals surface area contributed by atoms with Gasteiger partial charge in [-0.3, -0.25) is 15.0 Å². The Bertz CT molecular complexity index is 834. The lowest BCUT2D eigenvalue weighted by molar-refractivity contribution is -0.122. The van der Waals surface area contributed by atoms with Gasteiger partial charge in [0.2, 0.25) is 11.9 Å². The molecule has 2 saturated heterocycles. The third-order valence-electron chi connectivity index (χ3n) is 7.51. The van der Waals surface area contributed by atoms with E-state index in [1.54, 1.807) is 18.7 Å². The molecule has 0 bridgehead atoms. The number of nitrogens with zero attached hydrogens (tertiary/aromatic N) is 2. The molecule has 0 spiro atoms. The van der Waals surface area contributed by atoms with Gasteiger partial charge in [0.05, 0.1) is 19.4 Å². The quantitative estimate of drug-likeness (QED) is 0.485. The van der Waals surface area contributed by atoms with E-state index in [4.69, 9.17) is 17.7 Å². The number of hydrogen-bond acceptors (Lipinski definition) is 7. The number of guanidine groups is 1. The minimum absolute atomic E-state index is 0.169. The highest BCUT2D eigenvalue weighted by Crippen LogP contribution is 2.47. The molecule has 0 saturated carbocycles. The Morgan fingerprint density at radius 1 is 0.972 bits per heavy atom. The summed E-state index contributed by atoms with van der Waals surface area (Å²) in [4.78, 5) is 30.5. The average Bonchev–Trinajstić information content (AvgIpc) is 3.14. The van der Waals surface area contributed by atoms with Crippen LogP contribution in [-0.2, 0) is 22.5 Å². The SMILES string of the molecule is CC(C)C(=O)NC1=NC(=O)N([C@H]2C[C@@H]3O[Si](C(C)C)(C(C)C)O[Si](C(C)C)(C(C)C)OC[C@H]3O2)CN1. The smallest absolute Gasteiger partial charge is 0.350 e. The zero-order chi connectivity index (χ0) is 27.0. The van der Waals surface area contributed by atoms with E-state index in [1.165, 1.54) is 0 Å². The first-order valence-electron chi connectivity index (χ1n) is 13.3. The standard InChI is InChI=1S/C24H46N4O6Si2/c1-14(2)22(29)26-23-25-13-28(24(30)27-23)21-11-19-20(32-21)12-31-35(15(3)4,16(5)6)34-36(33-19,17(7)8)18(9)10/h14-21H,11-13H2,1-10H3,(H2,25,26,27,29,30)/t19-,20+,21+/m0/s1. The van der Waals surface area contributed by atoms with Crippen molar-refractivity contribution in [2.24, 2.45) is 10.9 Å². The van der Waals surface area contributed by atoms with Crippen molar-refractivity contribution in [3.8, 4) is 0 Å². The van der Waals surface area contributed by atoms with Crippen LogP contribution in [0.4, 0.5) is 4.79 Å². The van der Waals surface area contributed by atoms with E-state index in [2.05, 4.69) is 71.0 Å². The number of hydrogen-bond donors (Lipinski definition) is 2. The maximum absolute atomic E-state index is 12.9. The van der Waals surface area contributed by atoms with Gasteiger partial charge in [0.1, 0.15) is 12.3 Å². The van der Waals surface area contributed by atoms with E-state index in [-0.39, 0.29) is 58.8 Å². The second-order valence-corrected chi connectivity index (χ2v) is 20.5. The molecule has 12 heteroatoms. The highest BCUT2D eigenvalue weighted by atomic mass is 28.5. The van der Waals surface area contributed by atoms with Gasteiger partial charge in [-0.25, -0.2) is 4.79 Å². The zero-order valence-electron chi connectivity index (χ0n) is 23.6. The molecule has 36 heavy (non-hydrogen) atoms. The van der Waals surface area contributed by atoms with Crippen LogP contribution >= 0.6 is 0 Å². The molecule has 3 heterocycles. The van der Waals surface area contributed by atoms with E-state index in [0.717, 1.165) is 0 Å². The molecule has 0 unspecified atom stereocenters. The molecule has 3 amide bonds. The summed E-state index contributed by atoms with van der Waals surface area (Å²) in [6.07, 6.45) is -0.531. The van der Waals surface area contributed by atoms with Crippen LogP contribution in [-0.4, -0.2) is 71.6 Å². The zero-order valence-corrected chi connectivity index (χ0v) is 25.6. The van der Waals surface area contributed by atoms with Gasteiger partial charge < -0.3 is 23.0 Å². The molecule has 0 aromatic carbocycles. The Hall–Kier alpha value is -1.32. The average molecular weight is 543 g/mol. The number of aliphatic imine (C=N–C) groups is 1. The normalized spacial score (nSPS) is 28.3. The summed E-state index contributed by atoms with van der Waals surface area (Å²) in [7, 11) is -5.39. The lowest BCUT2D eigenvalue weighted by Crippen LogP contribution is -2.65. The maximum Gasteiger partial charge on any atom is 0.350 e. The van der Waals surface area contributed by atoms with Crippen LogP contribution in [0.15, 0.2) is 4.99 Å². The number of carbonyl (C=O) groups is 2. The van der Waals surface area contributed by atoms with Gasteiger partial charge >= 0.3 is 23.2 Å². The predicted molar refractivity (Wildman–Crippen MR) is 143 cm³/mol. The third-order valence-corrected chi connectivity index (χ3v) is 17.8. The molecule has 0 aromatic heterocycles. The topological polar surface area (TPSA) is 111 Å². The molecule has 2 N–H and O–H groups in total. The monoisotopic (exact) mass is 542 g/mol. The van der Waals surface area contributed by atoms with Crippen LogP contribution < -0.4 is 10.6 Å². The summed E-state index contributed by atoms with van der Waals surface area (Å²) < 4.78 is 27.4. The van der Waals surface area contributed by atoms with Crippen molar-refractivity contribution in [2.45, 2.75) is 116 Å². The number of carbonyl (C=O) groups excluding carboxylic acids is 2. The van der Waals surface area contributed by atoms with Gasteiger partial charge in [0.25, 0.3) is 0 Å². The fraction of sp³-hybridized carbons (Fsp3) is 0.875. The minimum atomic E-state index is -2.74. The summed E-state index contributed by atoms with van der Waals surface area (Å²) in [5.74, 6) is -0.243. The van der Waals surface area contributed by atoms with Crippen molar-refractivity contribution in [1.82, 2.24) is 15.5 Å². The molecule has 3 aliphatic heterocycles. The number of amides is 3. The molecule has 206 valence electrons. The van der Waals surface area contributed by atoms with Gasteiger partial charge in [-0.2, -0.15) is 4.99 Å². The molecule has 3 aliphatic rings. The van der Waals surface area contributed by atoms with Crippen LogP contribution in [0, 0.1) is 5.92 Å². The molecule has 0 radical (unpaired) electrons. The van der Waals surface area contributed by atoms with Crippen LogP contribution in [0.25, 0.3) is 0 Å². The molecular formula is C24H46N4O6Si2. The summed E-state index contributed by atoms with van der Waals surface area (Å²) >= 11 is 0. The van der Waals surface area contributed by atoms with Crippen LogP contribution in [0.2, 0.25) is 22.2 Å². The second kappa shape index (κ2) is 11.2. The lowest BCUT2D eigenvalue weighted by atomic mass is 10.2. The van der Waals surface area contributed by atoms with E-state index in [0.29, 0.717) is 13.0 Å². The number of fused-ring (bicyclic) bond motifs is 1. The summed E-state index contributed by atoms with van der Waals surface area (Å²) in [5.41, 5.74) is 0.943. The van der Waals surface area contributed by atoms with E-state index in [1.807, 2.05) is 0 Å². The Labute approximate surface area is 218 Å². The van der Waals surface area contributed by atoms with Crippen molar-refractivity contribution in [2.75, 3.05) is 13.3 Å². The number of rotatable bonds is 6. The van der Waals surface area contributed by atoms with Gasteiger partial charge in [-0.05, 0) is 22.2 Å². The largest absolute Gasteiger partial charge is 0.414 e. The highest BCUT2D eigenvalue weighted by Gasteiger charge is 2.60. The van der Waals surface area contributed by atoms with Crippen molar-refractivity contribution in [1.29, 1.82) is 0 Å². The summed E-state index contributed by atoms with van der Waals surface area (Å²) in [6.45, 7) is 21.6. The Morgan fingerprint density at radius 2 is 1.56 bits per heavy atom. The molecule has 3 rings (SSSR count). The number of urea groups is 1. The Morgan fingerprint density at radius 3 is 2.06 bits per heavy atom. The van der Waals surface area contributed by atoms with Gasteiger partial charge in [0.15, 0.2) is 0 Å². The first-order valence-corrected chi connectivity index (χ1v) is 17.3.